The van der Waals surface area contributed by atoms with Gasteiger partial charge in [-0.3, -0.25) is 9.59 Å². The van der Waals surface area contributed by atoms with Gasteiger partial charge in [0.05, 0.1) is 11.7 Å². The Balaban J connectivity index is 1.57. The number of carbonyl (C=O) groups excluding carboxylic acids is 2. The summed E-state index contributed by atoms with van der Waals surface area (Å²) in [5.41, 5.74) is 2.87. The lowest BCUT2D eigenvalue weighted by Crippen LogP contribution is -2.30. The van der Waals surface area contributed by atoms with E-state index in [9.17, 15) is 9.59 Å². The van der Waals surface area contributed by atoms with Gasteiger partial charge in [0.1, 0.15) is 0 Å². The van der Waals surface area contributed by atoms with Gasteiger partial charge in [-0.05, 0) is 50.6 Å². The van der Waals surface area contributed by atoms with Crippen molar-refractivity contribution in [2.24, 2.45) is 5.92 Å². The van der Waals surface area contributed by atoms with E-state index in [1.54, 1.807) is 0 Å². The summed E-state index contributed by atoms with van der Waals surface area (Å²) in [6.45, 7) is 7.89. The molecule has 0 bridgehead atoms. The molecule has 3 rings (SSSR count). The van der Waals surface area contributed by atoms with E-state index < -0.39 is 0 Å². The summed E-state index contributed by atoms with van der Waals surface area (Å²) in [7, 11) is 0. The number of aromatic nitrogens is 3. The number of nitrogens with zero attached hydrogens (tertiary/aromatic N) is 3. The maximum absolute atomic E-state index is 12.5. The zero-order valence-corrected chi connectivity index (χ0v) is 16.7. The van der Waals surface area contributed by atoms with E-state index in [-0.39, 0.29) is 17.7 Å². The van der Waals surface area contributed by atoms with Gasteiger partial charge in [0.2, 0.25) is 5.91 Å². The van der Waals surface area contributed by atoms with Crippen LogP contribution in [-0.4, -0.2) is 39.9 Å². The first-order valence-electron chi connectivity index (χ1n) is 9.76. The Hall–Kier alpha value is -2.74. The summed E-state index contributed by atoms with van der Waals surface area (Å²) in [6, 6.07) is 7.73. The number of anilines is 1. The molecule has 1 aliphatic rings. The van der Waals surface area contributed by atoms with Crippen molar-refractivity contribution in [3.8, 4) is 0 Å². The fourth-order valence-electron chi connectivity index (χ4n) is 3.21. The van der Waals surface area contributed by atoms with Crippen LogP contribution in [0.4, 0.5) is 5.69 Å². The molecule has 2 aromatic rings. The molecular weight excluding hydrogens is 356 g/mol. The van der Waals surface area contributed by atoms with Crippen LogP contribution < -0.4 is 16.0 Å². The number of rotatable bonds is 6. The largest absolute Gasteiger partial charge is 0.347 e. The first-order valence-corrected chi connectivity index (χ1v) is 9.76. The molecule has 1 aliphatic heterocycles. The van der Waals surface area contributed by atoms with Crippen LogP contribution in [0.2, 0.25) is 0 Å². The predicted molar refractivity (Wildman–Crippen MR) is 107 cm³/mol. The number of hydrogen-bond donors (Lipinski definition) is 3. The van der Waals surface area contributed by atoms with Gasteiger partial charge in [0.15, 0.2) is 5.69 Å². The second-order valence-corrected chi connectivity index (χ2v) is 7.47. The minimum absolute atomic E-state index is 0.0200. The number of amides is 2. The molecule has 8 heteroatoms. The lowest BCUT2D eigenvalue weighted by atomic mass is 10.1. The number of benzene rings is 1. The molecule has 1 saturated heterocycles. The van der Waals surface area contributed by atoms with E-state index >= 15 is 0 Å². The van der Waals surface area contributed by atoms with Gasteiger partial charge in [-0.2, -0.15) is 0 Å². The van der Waals surface area contributed by atoms with Crippen molar-refractivity contribution in [2.45, 2.75) is 46.2 Å². The first-order chi connectivity index (χ1) is 13.5. The molecule has 0 atom stereocenters. The Morgan fingerprint density at radius 1 is 1.21 bits per heavy atom. The third-order valence-electron chi connectivity index (χ3n) is 5.00. The van der Waals surface area contributed by atoms with Gasteiger partial charge in [0, 0.05) is 18.2 Å². The van der Waals surface area contributed by atoms with Gasteiger partial charge < -0.3 is 16.0 Å². The van der Waals surface area contributed by atoms with Crippen molar-refractivity contribution in [3.63, 3.8) is 0 Å². The molecule has 0 radical (unpaired) electrons. The molecule has 0 unspecified atom stereocenters. The Morgan fingerprint density at radius 3 is 2.54 bits per heavy atom. The summed E-state index contributed by atoms with van der Waals surface area (Å²) >= 11 is 0. The molecule has 8 nitrogen and oxygen atoms in total. The Kier molecular flexibility index (Phi) is 6.41. The molecule has 0 spiro atoms. The second kappa shape index (κ2) is 8.97. The predicted octanol–water partition coefficient (Wildman–Crippen LogP) is 2.04. The lowest BCUT2D eigenvalue weighted by Gasteiger charge is -2.23. The van der Waals surface area contributed by atoms with Crippen molar-refractivity contribution in [3.05, 3.63) is 41.2 Å². The standard InChI is InChI=1S/C20H28N6O2/c1-13(2)19(27)23-16-6-4-15(5-7-16)12-22-20(28)18-14(3)26(25-24-18)17-8-10-21-11-9-17/h4-7,13,17,21H,8-12H2,1-3H3,(H,22,28)(H,23,27). The highest BCUT2D eigenvalue weighted by molar-refractivity contribution is 5.93. The number of hydrogen-bond acceptors (Lipinski definition) is 5. The third kappa shape index (κ3) is 4.75. The maximum Gasteiger partial charge on any atom is 0.274 e. The highest BCUT2D eigenvalue weighted by atomic mass is 16.2. The van der Waals surface area contributed by atoms with Gasteiger partial charge in [-0.25, -0.2) is 4.68 Å². The van der Waals surface area contributed by atoms with Crippen LogP contribution in [0.1, 0.15) is 54.5 Å². The molecule has 150 valence electrons. The van der Waals surface area contributed by atoms with Gasteiger partial charge >= 0.3 is 0 Å². The van der Waals surface area contributed by atoms with Gasteiger partial charge in [-0.1, -0.05) is 31.2 Å². The topological polar surface area (TPSA) is 101 Å². The van der Waals surface area contributed by atoms with Crippen LogP contribution in [0.3, 0.4) is 0 Å². The number of nitrogens with one attached hydrogen (secondary N) is 3. The van der Waals surface area contributed by atoms with Crippen LogP contribution in [0.5, 0.6) is 0 Å². The summed E-state index contributed by atoms with van der Waals surface area (Å²) < 4.78 is 1.88. The summed E-state index contributed by atoms with van der Waals surface area (Å²) in [6.07, 6.45) is 1.98. The zero-order valence-electron chi connectivity index (χ0n) is 16.7. The van der Waals surface area contributed by atoms with Crippen molar-refractivity contribution < 1.29 is 9.59 Å². The highest BCUT2D eigenvalue weighted by Crippen LogP contribution is 2.20. The molecule has 0 aliphatic carbocycles. The van der Waals surface area contributed by atoms with E-state index in [1.165, 1.54) is 0 Å². The molecule has 2 heterocycles. The number of piperidine rings is 1. The Bertz CT molecular complexity index is 822. The minimum atomic E-state index is -0.227. The monoisotopic (exact) mass is 384 g/mol. The van der Waals surface area contributed by atoms with Crippen LogP contribution in [0.25, 0.3) is 0 Å². The molecule has 28 heavy (non-hydrogen) atoms. The SMILES string of the molecule is Cc1c(C(=O)NCc2ccc(NC(=O)C(C)C)cc2)nnn1C1CCNCC1. The smallest absolute Gasteiger partial charge is 0.274 e. The normalized spacial score (nSPS) is 14.9. The average Bonchev–Trinajstić information content (AvgIpc) is 3.09. The van der Waals surface area contributed by atoms with E-state index in [2.05, 4.69) is 26.3 Å². The quantitative estimate of drug-likeness (QED) is 0.707. The van der Waals surface area contributed by atoms with Crippen molar-refractivity contribution in [2.75, 3.05) is 18.4 Å². The fourth-order valence-corrected chi connectivity index (χ4v) is 3.21. The van der Waals surface area contributed by atoms with E-state index in [4.69, 9.17) is 0 Å². The zero-order chi connectivity index (χ0) is 20.1. The first kappa shape index (κ1) is 20.0. The minimum Gasteiger partial charge on any atom is -0.347 e. The fraction of sp³-hybridized carbons (Fsp3) is 0.500. The van der Waals surface area contributed by atoms with E-state index in [1.807, 2.05) is 49.7 Å². The van der Waals surface area contributed by atoms with Crippen molar-refractivity contribution in [1.29, 1.82) is 0 Å². The third-order valence-corrected chi connectivity index (χ3v) is 5.00. The molecule has 1 aromatic heterocycles. The van der Waals surface area contributed by atoms with Crippen molar-refractivity contribution in [1.82, 2.24) is 25.6 Å². The Morgan fingerprint density at radius 2 is 1.89 bits per heavy atom. The highest BCUT2D eigenvalue weighted by Gasteiger charge is 2.22. The number of carbonyl (C=O) groups is 2. The molecule has 2 amide bonds. The van der Waals surface area contributed by atoms with Gasteiger partial charge in [0.25, 0.3) is 5.91 Å². The summed E-state index contributed by atoms with van der Waals surface area (Å²) in [5.74, 6) is -0.316. The molecule has 3 N–H and O–H groups in total. The maximum atomic E-state index is 12.5. The van der Waals surface area contributed by atoms with Crippen molar-refractivity contribution >= 4 is 17.5 Å². The van der Waals surface area contributed by atoms with E-state index in [0.717, 1.165) is 42.9 Å². The van der Waals surface area contributed by atoms with Gasteiger partial charge in [-0.15, -0.1) is 5.10 Å². The molecular formula is C20H28N6O2. The summed E-state index contributed by atoms with van der Waals surface area (Å²) in [4.78, 5) is 24.3. The summed E-state index contributed by atoms with van der Waals surface area (Å²) in [5, 5.41) is 17.4. The average molecular weight is 384 g/mol. The van der Waals surface area contributed by atoms with Crippen LogP contribution in [0.15, 0.2) is 24.3 Å². The lowest BCUT2D eigenvalue weighted by molar-refractivity contribution is -0.118. The molecule has 1 aromatic carbocycles. The molecule has 1 fully saturated rings. The van der Waals surface area contributed by atoms with Crippen LogP contribution in [-0.2, 0) is 11.3 Å². The Labute approximate surface area is 165 Å². The second-order valence-electron chi connectivity index (χ2n) is 7.47. The van der Waals surface area contributed by atoms with Crippen LogP contribution >= 0.6 is 0 Å². The van der Waals surface area contributed by atoms with E-state index in [0.29, 0.717) is 18.3 Å². The molecule has 0 saturated carbocycles. The van der Waals surface area contributed by atoms with Crippen LogP contribution in [0, 0.1) is 12.8 Å².